The molecule has 1 atom stereocenters. The summed E-state index contributed by atoms with van der Waals surface area (Å²) in [6.45, 7) is 0.273. The molecule has 1 aliphatic rings. The third-order valence-electron chi connectivity index (χ3n) is 3.99. The van der Waals surface area contributed by atoms with E-state index in [1.807, 2.05) is 6.07 Å². The molecule has 1 unspecified atom stereocenters. The van der Waals surface area contributed by atoms with Crippen molar-refractivity contribution in [1.29, 1.82) is 0 Å². The maximum Gasteiger partial charge on any atom is 0.274 e. The van der Waals surface area contributed by atoms with Gasteiger partial charge in [-0.3, -0.25) is 9.59 Å². The number of amides is 1. The fourth-order valence-electron chi connectivity index (χ4n) is 2.47. The van der Waals surface area contributed by atoms with Crippen LogP contribution >= 0.6 is 0 Å². The highest BCUT2D eigenvalue weighted by Gasteiger charge is 2.31. The minimum Gasteiger partial charge on any atom is -0.391 e. The highest BCUT2D eigenvalue weighted by Crippen LogP contribution is 2.32. The molecule has 3 rings (SSSR count). The van der Waals surface area contributed by atoms with Crippen LogP contribution in [0.2, 0.25) is 0 Å². The summed E-state index contributed by atoms with van der Waals surface area (Å²) in [6.07, 6.45) is 1.53. The smallest absolute Gasteiger partial charge is 0.274 e. The van der Waals surface area contributed by atoms with Gasteiger partial charge in [0.15, 0.2) is 0 Å². The van der Waals surface area contributed by atoms with Crippen molar-refractivity contribution in [3.05, 3.63) is 58.5 Å². The van der Waals surface area contributed by atoms with Gasteiger partial charge in [-0.2, -0.15) is 9.78 Å². The highest BCUT2D eigenvalue weighted by atomic mass is 16.3. The fraction of sp³-hybridized carbons (Fsp3) is 0.353. The van der Waals surface area contributed by atoms with Gasteiger partial charge in [0.2, 0.25) is 0 Å². The van der Waals surface area contributed by atoms with Crippen LogP contribution in [0.1, 0.15) is 23.3 Å². The normalized spacial score (nSPS) is 15.2. The first-order valence-electron chi connectivity index (χ1n) is 7.65. The Bertz CT molecular complexity index is 753. The van der Waals surface area contributed by atoms with Crippen LogP contribution in [0.25, 0.3) is 5.69 Å². The first-order chi connectivity index (χ1) is 11.1. The summed E-state index contributed by atoms with van der Waals surface area (Å²) in [5, 5.41) is 14.1. The lowest BCUT2D eigenvalue weighted by molar-refractivity contribution is 0.0638. The van der Waals surface area contributed by atoms with E-state index in [2.05, 4.69) is 5.10 Å². The first kappa shape index (κ1) is 15.4. The van der Waals surface area contributed by atoms with Gasteiger partial charge in [-0.25, -0.2) is 0 Å². The average molecular weight is 313 g/mol. The van der Waals surface area contributed by atoms with Gasteiger partial charge in [0.1, 0.15) is 5.69 Å². The average Bonchev–Trinajstić information content (AvgIpc) is 3.40. The Kier molecular flexibility index (Phi) is 4.25. The Morgan fingerprint density at radius 1 is 1.30 bits per heavy atom. The number of rotatable bonds is 5. The molecular weight excluding hydrogens is 294 g/mol. The second-order valence-electron chi connectivity index (χ2n) is 5.89. The molecule has 1 aromatic heterocycles. The van der Waals surface area contributed by atoms with Crippen LogP contribution in [0.3, 0.4) is 0 Å². The molecule has 1 N–H and O–H groups in total. The predicted octanol–water partition coefficient (Wildman–Crippen LogP) is 1.08. The largest absolute Gasteiger partial charge is 0.391 e. The van der Waals surface area contributed by atoms with Gasteiger partial charge in [0.25, 0.3) is 11.5 Å². The number of aliphatic hydroxyl groups is 1. The zero-order valence-corrected chi connectivity index (χ0v) is 12.9. The van der Waals surface area contributed by atoms with Crippen LogP contribution in [-0.4, -0.2) is 45.4 Å². The minimum atomic E-state index is -0.496. The van der Waals surface area contributed by atoms with Gasteiger partial charge in [-0.15, -0.1) is 0 Å². The number of carbonyl (C=O) groups is 1. The molecule has 23 heavy (non-hydrogen) atoms. The number of aromatic nitrogens is 2. The zero-order chi connectivity index (χ0) is 16.4. The Hall–Kier alpha value is -2.47. The quantitative estimate of drug-likeness (QED) is 0.896. The SMILES string of the molecule is CN(CC(O)C1CC1)C(=O)c1ccc(=O)n(-c2ccccc2)n1. The molecule has 2 aromatic rings. The Morgan fingerprint density at radius 2 is 2.00 bits per heavy atom. The monoisotopic (exact) mass is 313 g/mol. The first-order valence-corrected chi connectivity index (χ1v) is 7.65. The van der Waals surface area contributed by atoms with E-state index in [1.165, 1.54) is 21.7 Å². The Labute approximate surface area is 134 Å². The molecule has 1 aliphatic carbocycles. The predicted molar refractivity (Wildman–Crippen MR) is 85.5 cm³/mol. The molecule has 0 bridgehead atoms. The molecule has 1 amide bonds. The van der Waals surface area contributed by atoms with Gasteiger partial charge in [0, 0.05) is 19.7 Å². The number of hydrogen-bond acceptors (Lipinski definition) is 4. The van der Waals surface area contributed by atoms with Crippen LogP contribution in [0.4, 0.5) is 0 Å². The van der Waals surface area contributed by atoms with Crippen molar-refractivity contribution in [2.45, 2.75) is 18.9 Å². The molecule has 1 saturated carbocycles. The topological polar surface area (TPSA) is 75.4 Å². The number of likely N-dealkylation sites (N-methyl/N-ethyl adjacent to an activating group) is 1. The molecule has 6 nitrogen and oxygen atoms in total. The summed E-state index contributed by atoms with van der Waals surface area (Å²) in [4.78, 5) is 25.9. The molecule has 1 heterocycles. The van der Waals surface area contributed by atoms with Crippen molar-refractivity contribution < 1.29 is 9.90 Å². The van der Waals surface area contributed by atoms with E-state index >= 15 is 0 Å². The van der Waals surface area contributed by atoms with Crippen LogP contribution in [-0.2, 0) is 0 Å². The molecule has 0 saturated heterocycles. The Balaban J connectivity index is 1.82. The van der Waals surface area contributed by atoms with Gasteiger partial charge in [-0.05, 0) is 37.0 Å². The number of para-hydroxylation sites is 1. The van der Waals surface area contributed by atoms with E-state index in [4.69, 9.17) is 0 Å². The summed E-state index contributed by atoms with van der Waals surface area (Å²) >= 11 is 0. The molecule has 0 aliphatic heterocycles. The second-order valence-corrected chi connectivity index (χ2v) is 5.89. The van der Waals surface area contributed by atoms with Crippen LogP contribution in [0.5, 0.6) is 0 Å². The van der Waals surface area contributed by atoms with E-state index in [-0.39, 0.29) is 23.7 Å². The maximum atomic E-state index is 12.5. The van der Waals surface area contributed by atoms with Gasteiger partial charge >= 0.3 is 0 Å². The van der Waals surface area contributed by atoms with Gasteiger partial charge in [0.05, 0.1) is 11.8 Å². The minimum absolute atomic E-state index is 0.180. The molecule has 120 valence electrons. The lowest BCUT2D eigenvalue weighted by Gasteiger charge is -2.20. The van der Waals surface area contributed by atoms with E-state index in [1.54, 1.807) is 31.3 Å². The van der Waals surface area contributed by atoms with Gasteiger partial charge in [-0.1, -0.05) is 18.2 Å². The standard InChI is InChI=1S/C17H19N3O3/c1-19(11-15(21)12-7-8-12)17(23)14-9-10-16(22)20(18-14)13-5-3-2-4-6-13/h2-6,9-10,12,15,21H,7-8,11H2,1H3. The maximum absolute atomic E-state index is 12.5. The molecular formula is C17H19N3O3. The number of aliphatic hydroxyl groups excluding tert-OH is 1. The second kappa shape index (κ2) is 6.34. The molecule has 0 spiro atoms. The van der Waals surface area contributed by atoms with Crippen LogP contribution in [0, 0.1) is 5.92 Å². The Morgan fingerprint density at radius 3 is 2.65 bits per heavy atom. The van der Waals surface area contributed by atoms with Crippen molar-refractivity contribution in [1.82, 2.24) is 14.7 Å². The third-order valence-corrected chi connectivity index (χ3v) is 3.99. The van der Waals surface area contributed by atoms with Crippen molar-refractivity contribution in [2.24, 2.45) is 5.92 Å². The number of carbonyl (C=O) groups excluding carboxylic acids is 1. The van der Waals surface area contributed by atoms with Crippen LogP contribution in [0.15, 0.2) is 47.3 Å². The van der Waals surface area contributed by atoms with Crippen molar-refractivity contribution in [2.75, 3.05) is 13.6 Å². The summed E-state index contributed by atoms with van der Waals surface area (Å²) in [7, 11) is 1.63. The van der Waals surface area contributed by atoms with Crippen molar-refractivity contribution >= 4 is 5.91 Å². The third kappa shape index (κ3) is 3.48. The lowest BCUT2D eigenvalue weighted by Crippen LogP contribution is -2.36. The van der Waals surface area contributed by atoms with Gasteiger partial charge < -0.3 is 10.0 Å². The highest BCUT2D eigenvalue weighted by molar-refractivity contribution is 5.91. The number of nitrogens with zero attached hydrogens (tertiary/aromatic N) is 3. The molecule has 0 radical (unpaired) electrons. The van der Waals surface area contributed by atoms with E-state index < -0.39 is 6.10 Å². The molecule has 6 heteroatoms. The van der Waals surface area contributed by atoms with E-state index in [0.29, 0.717) is 11.6 Å². The van der Waals surface area contributed by atoms with Crippen molar-refractivity contribution in [3.63, 3.8) is 0 Å². The fourth-order valence-corrected chi connectivity index (χ4v) is 2.47. The summed E-state index contributed by atoms with van der Waals surface area (Å²) in [5.74, 6) is -0.00846. The zero-order valence-electron chi connectivity index (χ0n) is 12.9. The van der Waals surface area contributed by atoms with Crippen molar-refractivity contribution in [3.8, 4) is 5.69 Å². The lowest BCUT2D eigenvalue weighted by atomic mass is 10.2. The summed E-state index contributed by atoms with van der Waals surface area (Å²) in [6, 6.07) is 11.7. The van der Waals surface area contributed by atoms with E-state index in [0.717, 1.165) is 12.8 Å². The van der Waals surface area contributed by atoms with E-state index in [9.17, 15) is 14.7 Å². The molecule has 1 aromatic carbocycles. The number of hydrogen-bond donors (Lipinski definition) is 1. The van der Waals surface area contributed by atoms with Crippen LogP contribution < -0.4 is 5.56 Å². The summed E-state index contributed by atoms with van der Waals surface area (Å²) in [5.41, 5.74) is 0.486. The molecule has 1 fully saturated rings. The number of benzene rings is 1. The summed E-state index contributed by atoms with van der Waals surface area (Å²) < 4.78 is 1.21.